The number of pyridine rings is 1. The van der Waals surface area contributed by atoms with Crippen molar-refractivity contribution in [2.24, 2.45) is 0 Å². The first-order valence-electron chi connectivity index (χ1n) is 9.85. The summed E-state index contributed by atoms with van der Waals surface area (Å²) < 4.78 is 2.13. The Morgan fingerprint density at radius 1 is 0.960 bits per heavy atom. The van der Waals surface area contributed by atoms with E-state index >= 15 is 0 Å². The number of likely N-dealkylation sites (tertiary alicyclic amines) is 1. The van der Waals surface area contributed by atoms with Crippen molar-refractivity contribution in [3.63, 3.8) is 0 Å². The van der Waals surface area contributed by atoms with Gasteiger partial charge in [0, 0.05) is 12.4 Å². The van der Waals surface area contributed by atoms with Crippen LogP contribution in [0.25, 0.3) is 0 Å². The lowest BCUT2D eigenvalue weighted by atomic mass is 9.95. The monoisotopic (exact) mass is 340 g/mol. The zero-order chi connectivity index (χ0) is 16.9. The van der Waals surface area contributed by atoms with Crippen LogP contribution in [-0.4, -0.2) is 43.2 Å². The van der Waals surface area contributed by atoms with Crippen LogP contribution in [0.4, 0.5) is 0 Å². The lowest BCUT2D eigenvalue weighted by Crippen LogP contribution is -2.33. The molecule has 0 spiro atoms. The van der Waals surface area contributed by atoms with Gasteiger partial charge in [-0.05, 0) is 60.8 Å². The van der Waals surface area contributed by atoms with Gasteiger partial charge in [-0.25, -0.2) is 4.68 Å². The maximum absolute atomic E-state index is 4.51. The Morgan fingerprint density at radius 3 is 2.44 bits per heavy atom. The molecule has 1 unspecified atom stereocenters. The molecular formula is C19H28N6. The van der Waals surface area contributed by atoms with E-state index in [1.54, 1.807) is 0 Å². The van der Waals surface area contributed by atoms with Crippen LogP contribution in [0.5, 0.6) is 0 Å². The van der Waals surface area contributed by atoms with Crippen LogP contribution in [0.2, 0.25) is 0 Å². The molecule has 134 valence electrons. The Kier molecular flexibility index (Phi) is 5.35. The molecule has 3 heterocycles. The van der Waals surface area contributed by atoms with Crippen LogP contribution in [0, 0.1) is 0 Å². The van der Waals surface area contributed by atoms with Gasteiger partial charge in [0.15, 0.2) is 5.82 Å². The van der Waals surface area contributed by atoms with E-state index in [0.29, 0.717) is 6.04 Å². The summed E-state index contributed by atoms with van der Waals surface area (Å²) in [4.78, 5) is 6.94. The van der Waals surface area contributed by atoms with E-state index in [4.69, 9.17) is 0 Å². The number of tetrazole rings is 1. The molecule has 6 heteroatoms. The van der Waals surface area contributed by atoms with Crippen molar-refractivity contribution in [2.45, 2.75) is 69.9 Å². The highest BCUT2D eigenvalue weighted by Crippen LogP contribution is 2.33. The van der Waals surface area contributed by atoms with Gasteiger partial charge in [0.1, 0.15) is 0 Å². The lowest BCUT2D eigenvalue weighted by molar-refractivity contribution is 0.211. The summed E-state index contributed by atoms with van der Waals surface area (Å²) in [6.45, 7) is 2.22. The molecule has 2 aromatic rings. The van der Waals surface area contributed by atoms with Gasteiger partial charge >= 0.3 is 0 Å². The molecule has 0 radical (unpaired) electrons. The molecule has 1 saturated heterocycles. The average molecular weight is 340 g/mol. The predicted molar refractivity (Wildman–Crippen MR) is 96.1 cm³/mol. The first-order valence-corrected chi connectivity index (χ1v) is 9.85. The van der Waals surface area contributed by atoms with Crippen molar-refractivity contribution in [1.29, 1.82) is 0 Å². The fourth-order valence-corrected chi connectivity index (χ4v) is 4.38. The van der Waals surface area contributed by atoms with Gasteiger partial charge in [0.05, 0.1) is 12.1 Å². The normalized spacial score (nSPS) is 21.8. The molecule has 0 amide bonds. The molecule has 1 atom stereocenters. The van der Waals surface area contributed by atoms with Crippen molar-refractivity contribution >= 4 is 0 Å². The van der Waals surface area contributed by atoms with Crippen LogP contribution < -0.4 is 0 Å². The van der Waals surface area contributed by atoms with Crippen molar-refractivity contribution in [1.82, 2.24) is 30.1 Å². The number of hydrogen-bond acceptors (Lipinski definition) is 5. The van der Waals surface area contributed by atoms with Crippen LogP contribution in [-0.2, 0) is 0 Å². The second-order valence-corrected chi connectivity index (χ2v) is 7.41. The predicted octanol–water partition coefficient (Wildman–Crippen LogP) is 3.54. The molecule has 0 bridgehead atoms. The number of hydrogen-bond donors (Lipinski definition) is 0. The number of nitrogens with zero attached hydrogens (tertiary/aromatic N) is 6. The largest absolute Gasteiger partial charge is 0.290 e. The maximum atomic E-state index is 4.51. The van der Waals surface area contributed by atoms with Crippen molar-refractivity contribution in [3.05, 3.63) is 35.9 Å². The van der Waals surface area contributed by atoms with Crippen molar-refractivity contribution in [3.8, 4) is 0 Å². The molecule has 6 nitrogen and oxygen atoms in total. The molecule has 0 aromatic carbocycles. The summed E-state index contributed by atoms with van der Waals surface area (Å²) in [7, 11) is 0. The van der Waals surface area contributed by atoms with Gasteiger partial charge in [-0.1, -0.05) is 38.2 Å². The Balaban J connectivity index is 1.69. The summed E-state index contributed by atoms with van der Waals surface area (Å²) in [6.07, 6.45) is 15.3. The first kappa shape index (κ1) is 16.6. The highest BCUT2D eigenvalue weighted by atomic mass is 15.6. The van der Waals surface area contributed by atoms with E-state index in [1.165, 1.54) is 63.4 Å². The minimum Gasteiger partial charge on any atom is -0.290 e. The van der Waals surface area contributed by atoms with Crippen LogP contribution in [0.1, 0.15) is 81.3 Å². The minimum absolute atomic E-state index is 0.115. The Bertz CT molecular complexity index is 641. The zero-order valence-electron chi connectivity index (χ0n) is 14.9. The fraction of sp³-hybridized carbons (Fsp3) is 0.684. The number of aromatic nitrogens is 5. The molecule has 1 aliphatic heterocycles. The summed E-state index contributed by atoms with van der Waals surface area (Å²) in [5.41, 5.74) is 1.20. The second-order valence-electron chi connectivity index (χ2n) is 7.41. The third kappa shape index (κ3) is 3.73. The highest BCUT2D eigenvalue weighted by Gasteiger charge is 2.31. The van der Waals surface area contributed by atoms with Gasteiger partial charge < -0.3 is 0 Å². The quantitative estimate of drug-likeness (QED) is 0.852. The SMILES string of the molecule is c1cncc(C(c2nnnn2C2CCCCC2)N2CCCCCC2)c1. The molecular weight excluding hydrogens is 312 g/mol. The Hall–Kier alpha value is -1.82. The maximum Gasteiger partial charge on any atom is 0.173 e. The van der Waals surface area contributed by atoms with Crippen LogP contribution in [0.15, 0.2) is 24.5 Å². The minimum atomic E-state index is 0.115. The van der Waals surface area contributed by atoms with E-state index in [2.05, 4.69) is 36.2 Å². The fourth-order valence-electron chi connectivity index (χ4n) is 4.38. The van der Waals surface area contributed by atoms with E-state index in [0.717, 1.165) is 18.9 Å². The smallest absolute Gasteiger partial charge is 0.173 e. The standard InChI is InChI=1S/C19H28N6/c1-2-7-14-24(13-6-1)18(16-9-8-12-20-15-16)19-21-22-23-25(19)17-10-4-3-5-11-17/h8-9,12,15,17-18H,1-7,10-11,13-14H2. The molecule has 2 aromatic heterocycles. The van der Waals surface area contributed by atoms with Gasteiger partial charge in [0.25, 0.3) is 0 Å². The van der Waals surface area contributed by atoms with Gasteiger partial charge in [0.2, 0.25) is 0 Å². The molecule has 1 aliphatic carbocycles. The molecule has 4 rings (SSSR count). The third-order valence-electron chi connectivity index (χ3n) is 5.69. The topological polar surface area (TPSA) is 59.7 Å². The van der Waals surface area contributed by atoms with E-state index in [-0.39, 0.29) is 6.04 Å². The second kappa shape index (κ2) is 8.04. The number of rotatable bonds is 4. The zero-order valence-corrected chi connectivity index (χ0v) is 14.9. The van der Waals surface area contributed by atoms with Crippen molar-refractivity contribution < 1.29 is 0 Å². The molecule has 0 N–H and O–H groups in total. The first-order chi connectivity index (χ1) is 12.4. The summed E-state index contributed by atoms with van der Waals surface area (Å²) >= 11 is 0. The summed E-state index contributed by atoms with van der Waals surface area (Å²) in [5, 5.41) is 13.0. The summed E-state index contributed by atoms with van der Waals surface area (Å²) in [6, 6.07) is 4.76. The lowest BCUT2D eigenvalue weighted by Gasteiger charge is -2.31. The Morgan fingerprint density at radius 2 is 1.72 bits per heavy atom. The summed E-state index contributed by atoms with van der Waals surface area (Å²) in [5.74, 6) is 1.00. The van der Waals surface area contributed by atoms with Crippen molar-refractivity contribution in [2.75, 3.05) is 13.1 Å². The highest BCUT2D eigenvalue weighted by molar-refractivity contribution is 5.21. The van der Waals surface area contributed by atoms with Crippen LogP contribution >= 0.6 is 0 Å². The third-order valence-corrected chi connectivity index (χ3v) is 5.69. The van der Waals surface area contributed by atoms with E-state index < -0.39 is 0 Å². The molecule has 2 aliphatic rings. The van der Waals surface area contributed by atoms with Gasteiger partial charge in [-0.3, -0.25) is 9.88 Å². The average Bonchev–Trinajstić information content (AvgIpc) is 2.99. The Labute approximate surface area is 149 Å². The van der Waals surface area contributed by atoms with Gasteiger partial charge in [-0.15, -0.1) is 5.10 Å². The molecule has 25 heavy (non-hydrogen) atoms. The van der Waals surface area contributed by atoms with Crippen LogP contribution in [0.3, 0.4) is 0 Å². The van der Waals surface area contributed by atoms with E-state index in [1.807, 2.05) is 18.5 Å². The van der Waals surface area contributed by atoms with Gasteiger partial charge in [-0.2, -0.15) is 0 Å². The van der Waals surface area contributed by atoms with E-state index in [9.17, 15) is 0 Å². The molecule has 1 saturated carbocycles. The molecule has 2 fully saturated rings.